The Balaban J connectivity index is 0.000000397. The van der Waals surface area contributed by atoms with Gasteiger partial charge in [0, 0.05) is 22.9 Å². The second-order valence-corrected chi connectivity index (χ2v) is 17.8. The molecule has 1 aromatic heterocycles. The normalized spacial score (nSPS) is 13.5. The number of halogens is 24. The molecule has 0 saturated carbocycles. The molecule has 77 heavy (non-hydrogen) atoms. The van der Waals surface area contributed by atoms with E-state index in [2.05, 4.69) is 85.3 Å². The van der Waals surface area contributed by atoms with Crippen LogP contribution in [0.25, 0.3) is 10.8 Å². The summed E-state index contributed by atoms with van der Waals surface area (Å²) in [6.45, 7) is 5.46. The Bertz CT molecular complexity index is 2810. The van der Waals surface area contributed by atoms with E-state index < -0.39 is 195 Å². The van der Waals surface area contributed by atoms with Crippen molar-refractivity contribution in [3.63, 3.8) is 0 Å². The van der Waals surface area contributed by atoms with Gasteiger partial charge in [-0.15, -0.1) is 0 Å². The van der Waals surface area contributed by atoms with Crippen LogP contribution in [0, 0.1) is 0 Å². The van der Waals surface area contributed by atoms with E-state index in [1.165, 1.54) is 22.0 Å². The van der Waals surface area contributed by atoms with Crippen LogP contribution >= 0.6 is 0 Å². The van der Waals surface area contributed by atoms with Crippen LogP contribution in [0.1, 0.15) is 75.5 Å². The predicted octanol–water partition coefficient (Wildman–Crippen LogP) is 15.5. The lowest BCUT2D eigenvalue weighted by Gasteiger charge is -2.46. The van der Waals surface area contributed by atoms with Gasteiger partial charge in [0.2, 0.25) is 0 Å². The molecule has 0 N–H and O–H groups in total. The van der Waals surface area contributed by atoms with Gasteiger partial charge in [-0.3, -0.25) is 0 Å². The van der Waals surface area contributed by atoms with Gasteiger partial charge in [0.15, 0.2) is 18.4 Å². The zero-order chi connectivity index (χ0) is 57.9. The van der Waals surface area contributed by atoms with E-state index in [-0.39, 0.29) is 0 Å². The van der Waals surface area contributed by atoms with Crippen molar-refractivity contribution < 1.29 is 110 Å². The van der Waals surface area contributed by atoms with Crippen molar-refractivity contribution in [3.05, 3.63) is 195 Å². The Labute approximate surface area is 419 Å². The standard InChI is InChI=1S/C32H12BF24.C19H20N/c34-25(35,36)13-1-14(26(37,38)39)6-21(5-13)33(22-7-15(27(40,41)42)2-16(8-22)28(43,44)45,23-9-17(29(46,47)48)3-18(10-23)30(49,50)51)24-11-19(31(52,53)54)4-20(12-24)32(55,56)57;1-15(2)19-18-11-7-6-10-17(18)12-13-20(19)14-16-8-4-3-5-9-16/h1-12H;3-13,15H,14H2,1-2H3/q-1;+1. The van der Waals surface area contributed by atoms with E-state index in [0.717, 1.165) is 6.54 Å². The van der Waals surface area contributed by atoms with Gasteiger partial charge in [0.1, 0.15) is 6.15 Å². The molecule has 6 aromatic carbocycles. The van der Waals surface area contributed by atoms with Gasteiger partial charge in [-0.2, -0.15) is 132 Å². The fourth-order valence-corrected chi connectivity index (χ4v) is 8.91. The molecule has 0 aliphatic heterocycles. The zero-order valence-corrected chi connectivity index (χ0v) is 38.7. The van der Waals surface area contributed by atoms with Crippen LogP contribution in [-0.2, 0) is 56.0 Å². The Morgan fingerprint density at radius 2 is 0.597 bits per heavy atom. The number of benzene rings is 6. The topological polar surface area (TPSA) is 3.88 Å². The van der Waals surface area contributed by atoms with E-state index in [1.54, 1.807) is 0 Å². The largest absolute Gasteiger partial charge is 0.416 e. The maximum absolute atomic E-state index is 14.2. The van der Waals surface area contributed by atoms with Crippen LogP contribution in [-0.4, -0.2) is 6.15 Å². The maximum Gasteiger partial charge on any atom is 0.416 e. The Hall–Kier alpha value is -6.89. The Morgan fingerprint density at radius 3 is 0.857 bits per heavy atom. The van der Waals surface area contributed by atoms with Crippen molar-refractivity contribution >= 4 is 38.8 Å². The SMILES string of the molecule is CC(C)c1c2ccccc2cc[n+]1Cc1ccccc1.FC(F)(F)c1cc([B-](c2cc(C(F)(F)F)cc(C(F)(F)F)c2)(c2cc(C(F)(F)F)cc(C(F)(F)F)c2)c2cc(C(F)(F)F)cc(C(F)(F)F)c2)cc(C(F)(F)F)c1. The lowest BCUT2D eigenvalue weighted by molar-refractivity contribution is -0.695. The quantitative estimate of drug-likeness (QED) is 0.0851. The number of aromatic nitrogens is 1. The van der Waals surface area contributed by atoms with Crippen LogP contribution in [0.2, 0.25) is 0 Å². The molecule has 0 aliphatic rings. The summed E-state index contributed by atoms with van der Waals surface area (Å²) in [7, 11) is 0. The van der Waals surface area contributed by atoms with Gasteiger partial charge in [-0.1, -0.05) is 111 Å². The van der Waals surface area contributed by atoms with Crippen LogP contribution in [0.3, 0.4) is 0 Å². The fraction of sp³-hybridized carbons (Fsp3) is 0.235. The van der Waals surface area contributed by atoms with Crippen molar-refractivity contribution in [2.75, 3.05) is 0 Å². The van der Waals surface area contributed by atoms with Crippen LogP contribution in [0.15, 0.2) is 140 Å². The highest BCUT2D eigenvalue weighted by molar-refractivity contribution is 7.20. The van der Waals surface area contributed by atoms with E-state index >= 15 is 0 Å². The predicted molar refractivity (Wildman–Crippen MR) is 234 cm³/mol. The Morgan fingerprint density at radius 1 is 0.338 bits per heavy atom. The zero-order valence-electron chi connectivity index (χ0n) is 38.7. The van der Waals surface area contributed by atoms with Gasteiger partial charge in [0.25, 0.3) is 0 Å². The van der Waals surface area contributed by atoms with Gasteiger partial charge >= 0.3 is 49.4 Å². The minimum atomic E-state index is -6.13. The molecule has 0 atom stereocenters. The Kier molecular flexibility index (Phi) is 15.8. The first kappa shape index (κ1) is 59.4. The van der Waals surface area contributed by atoms with E-state index in [9.17, 15) is 105 Å². The third-order valence-electron chi connectivity index (χ3n) is 12.2. The molecule has 0 bridgehead atoms. The highest BCUT2D eigenvalue weighted by Crippen LogP contribution is 2.41. The average Bonchev–Trinajstić information content (AvgIpc) is 3.29. The van der Waals surface area contributed by atoms with Crippen molar-refractivity contribution in [2.45, 2.75) is 75.7 Å². The van der Waals surface area contributed by atoms with E-state index in [1.807, 2.05) is 0 Å². The van der Waals surface area contributed by atoms with Crippen molar-refractivity contribution in [1.82, 2.24) is 0 Å². The first-order chi connectivity index (χ1) is 35.0. The molecule has 26 heteroatoms. The van der Waals surface area contributed by atoms with Crippen molar-refractivity contribution in [3.8, 4) is 0 Å². The summed E-state index contributed by atoms with van der Waals surface area (Å²) in [5.74, 6) is 0.504. The van der Waals surface area contributed by atoms with Crippen molar-refractivity contribution in [2.24, 2.45) is 0 Å². The molecule has 0 radical (unpaired) electrons. The number of pyridine rings is 1. The lowest BCUT2D eigenvalue weighted by Crippen LogP contribution is -2.75. The third kappa shape index (κ3) is 13.3. The molecule has 0 unspecified atom stereocenters. The van der Waals surface area contributed by atoms with E-state index in [0.29, 0.717) is 5.92 Å². The molecule has 0 saturated heterocycles. The molecule has 0 spiro atoms. The summed E-state index contributed by atoms with van der Waals surface area (Å²) in [6, 6.07) is 12.7. The molecular weight excluding hydrogens is 1090 g/mol. The highest BCUT2D eigenvalue weighted by atomic mass is 19.4. The molecule has 0 aliphatic carbocycles. The summed E-state index contributed by atoms with van der Waals surface area (Å²) in [5.41, 5.74) is -27.5. The lowest BCUT2D eigenvalue weighted by atomic mass is 9.12. The highest BCUT2D eigenvalue weighted by Gasteiger charge is 2.47. The molecular formula is C51H32BF24N. The summed E-state index contributed by atoms with van der Waals surface area (Å²) < 4.78 is 343. The average molecular weight is 1130 g/mol. The number of hydrogen-bond acceptors (Lipinski definition) is 0. The molecule has 0 fully saturated rings. The first-order valence-electron chi connectivity index (χ1n) is 21.8. The molecule has 7 aromatic rings. The summed E-state index contributed by atoms with van der Waals surface area (Å²) in [6.07, 6.45) is -52.6. The molecule has 1 nitrogen and oxygen atoms in total. The van der Waals surface area contributed by atoms with Gasteiger partial charge in [0.05, 0.1) is 44.5 Å². The third-order valence-corrected chi connectivity index (χ3v) is 12.2. The second-order valence-electron chi connectivity index (χ2n) is 17.8. The molecule has 7 rings (SSSR count). The summed E-state index contributed by atoms with van der Waals surface area (Å²) in [5, 5.41) is 2.68. The first-order valence-corrected chi connectivity index (χ1v) is 21.8. The molecule has 412 valence electrons. The molecule has 1 heterocycles. The van der Waals surface area contributed by atoms with E-state index in [4.69, 9.17) is 0 Å². The maximum atomic E-state index is 14.2. The van der Waals surface area contributed by atoms with Crippen LogP contribution in [0.5, 0.6) is 0 Å². The number of nitrogens with zero attached hydrogens (tertiary/aromatic N) is 1. The smallest absolute Gasteiger partial charge is 0.197 e. The van der Waals surface area contributed by atoms with Crippen LogP contribution < -0.4 is 26.4 Å². The number of alkyl halides is 24. The summed E-state index contributed by atoms with van der Waals surface area (Å²) >= 11 is 0. The minimum absolute atomic E-state index is 0.504. The van der Waals surface area contributed by atoms with Crippen molar-refractivity contribution in [1.29, 1.82) is 0 Å². The second kappa shape index (κ2) is 20.5. The minimum Gasteiger partial charge on any atom is -0.197 e. The summed E-state index contributed by atoms with van der Waals surface area (Å²) in [4.78, 5) is 0. The monoisotopic (exact) mass is 1130 g/mol. The molecule has 0 amide bonds. The number of hydrogen-bond donors (Lipinski definition) is 0. The number of rotatable bonds is 7. The van der Waals surface area contributed by atoms with Gasteiger partial charge in [-0.05, 0) is 35.7 Å². The van der Waals surface area contributed by atoms with Crippen LogP contribution in [0.4, 0.5) is 105 Å². The van der Waals surface area contributed by atoms with Gasteiger partial charge < -0.3 is 0 Å². The number of fused-ring (bicyclic) bond motifs is 1. The van der Waals surface area contributed by atoms with Gasteiger partial charge in [-0.25, -0.2) is 0 Å². The fourth-order valence-electron chi connectivity index (χ4n) is 8.91.